The van der Waals surface area contributed by atoms with Crippen molar-refractivity contribution in [3.05, 3.63) is 56.2 Å². The van der Waals surface area contributed by atoms with Crippen molar-refractivity contribution in [2.45, 2.75) is 6.92 Å². The molecule has 2 aromatic rings. The first-order chi connectivity index (χ1) is 9.95. The summed E-state index contributed by atoms with van der Waals surface area (Å²) in [6, 6.07) is 6.52. The minimum absolute atomic E-state index is 0.109. The van der Waals surface area contributed by atoms with E-state index in [9.17, 15) is 9.59 Å². The van der Waals surface area contributed by atoms with Gasteiger partial charge in [0.1, 0.15) is 0 Å². The van der Waals surface area contributed by atoms with E-state index in [4.69, 9.17) is 5.11 Å². The van der Waals surface area contributed by atoms with Gasteiger partial charge in [-0.3, -0.25) is 4.79 Å². The lowest BCUT2D eigenvalue weighted by Gasteiger charge is -2.04. The van der Waals surface area contributed by atoms with Gasteiger partial charge in [-0.05, 0) is 48.2 Å². The minimum Gasteiger partial charge on any atom is -0.478 e. The predicted octanol–water partition coefficient (Wildman–Crippen LogP) is 4.17. The Hall–Kier alpha value is -1.92. The smallest absolute Gasteiger partial charge is 0.335 e. The van der Waals surface area contributed by atoms with Gasteiger partial charge in [0.15, 0.2) is 0 Å². The van der Waals surface area contributed by atoms with Crippen molar-refractivity contribution in [2.75, 3.05) is 5.32 Å². The van der Waals surface area contributed by atoms with Crippen molar-refractivity contribution in [3.63, 3.8) is 0 Å². The maximum atomic E-state index is 11.9. The summed E-state index contributed by atoms with van der Waals surface area (Å²) < 4.78 is 0.593. The first-order valence-corrected chi connectivity index (χ1v) is 7.70. The van der Waals surface area contributed by atoms with E-state index in [-0.39, 0.29) is 11.5 Å². The van der Waals surface area contributed by atoms with Crippen LogP contribution in [0.15, 0.2) is 40.2 Å². The molecule has 0 bridgehead atoms. The average Bonchev–Trinajstić information content (AvgIpc) is 2.81. The van der Waals surface area contributed by atoms with E-state index in [0.29, 0.717) is 10.2 Å². The number of anilines is 1. The molecular weight excluding hydrogens is 354 g/mol. The van der Waals surface area contributed by atoms with Gasteiger partial charge in [0, 0.05) is 21.1 Å². The summed E-state index contributed by atoms with van der Waals surface area (Å²) in [6.07, 6.45) is 3.17. The van der Waals surface area contributed by atoms with Crippen molar-refractivity contribution >= 4 is 50.9 Å². The number of aryl methyl sites for hydroxylation is 1. The molecule has 6 heteroatoms. The SMILES string of the molecule is Cc1ccsc1/C=C/C(=O)Nc1cc(Br)cc(C(=O)O)c1. The van der Waals surface area contributed by atoms with Crippen molar-refractivity contribution in [3.8, 4) is 0 Å². The number of benzene rings is 1. The van der Waals surface area contributed by atoms with Crippen LogP contribution < -0.4 is 5.32 Å². The van der Waals surface area contributed by atoms with Crippen molar-refractivity contribution in [2.24, 2.45) is 0 Å². The van der Waals surface area contributed by atoms with Gasteiger partial charge in [0.25, 0.3) is 0 Å². The van der Waals surface area contributed by atoms with Gasteiger partial charge in [-0.1, -0.05) is 15.9 Å². The van der Waals surface area contributed by atoms with E-state index in [2.05, 4.69) is 21.2 Å². The van der Waals surface area contributed by atoms with E-state index in [1.807, 2.05) is 18.4 Å². The zero-order valence-electron chi connectivity index (χ0n) is 11.1. The number of hydrogen-bond donors (Lipinski definition) is 2. The summed E-state index contributed by atoms with van der Waals surface area (Å²) in [5.41, 5.74) is 1.65. The Kier molecular flexibility index (Phi) is 4.93. The fraction of sp³-hybridized carbons (Fsp3) is 0.0667. The number of carbonyl (C=O) groups excluding carboxylic acids is 1. The normalized spacial score (nSPS) is 10.8. The van der Waals surface area contributed by atoms with Gasteiger partial charge in [-0.25, -0.2) is 4.79 Å². The average molecular weight is 366 g/mol. The van der Waals surface area contributed by atoms with Crippen molar-refractivity contribution in [1.29, 1.82) is 0 Å². The van der Waals surface area contributed by atoms with Crippen LogP contribution in [0.1, 0.15) is 20.8 Å². The first-order valence-electron chi connectivity index (χ1n) is 6.03. The van der Waals surface area contributed by atoms with Crippen LogP contribution in [0.4, 0.5) is 5.69 Å². The molecule has 1 aromatic heterocycles. The highest BCUT2D eigenvalue weighted by atomic mass is 79.9. The summed E-state index contributed by atoms with van der Waals surface area (Å²) in [4.78, 5) is 23.8. The molecule has 0 aliphatic carbocycles. The third kappa shape index (κ3) is 4.27. The van der Waals surface area contributed by atoms with Gasteiger partial charge >= 0.3 is 5.97 Å². The van der Waals surface area contributed by atoms with Crippen LogP contribution in [0.25, 0.3) is 6.08 Å². The Bertz CT molecular complexity index is 721. The number of rotatable bonds is 4. The molecule has 0 aliphatic rings. The van der Waals surface area contributed by atoms with Crippen molar-refractivity contribution < 1.29 is 14.7 Å². The molecule has 0 fully saturated rings. The number of carbonyl (C=O) groups is 2. The number of thiophene rings is 1. The van der Waals surface area contributed by atoms with E-state index in [0.717, 1.165) is 10.4 Å². The lowest BCUT2D eigenvalue weighted by atomic mass is 10.2. The quantitative estimate of drug-likeness (QED) is 0.799. The summed E-state index contributed by atoms with van der Waals surface area (Å²) in [5.74, 6) is -1.35. The highest BCUT2D eigenvalue weighted by Gasteiger charge is 2.07. The highest BCUT2D eigenvalue weighted by molar-refractivity contribution is 9.10. The molecule has 21 heavy (non-hydrogen) atoms. The first kappa shape index (κ1) is 15.5. The van der Waals surface area contributed by atoms with Crippen LogP contribution >= 0.6 is 27.3 Å². The topological polar surface area (TPSA) is 66.4 Å². The molecule has 1 heterocycles. The fourth-order valence-electron chi connectivity index (χ4n) is 1.68. The third-order valence-corrected chi connectivity index (χ3v) is 4.14. The molecule has 1 amide bonds. The van der Waals surface area contributed by atoms with Gasteiger partial charge in [-0.15, -0.1) is 11.3 Å². The standard InChI is InChI=1S/C15H12BrNO3S/c1-9-4-5-21-13(9)2-3-14(18)17-12-7-10(15(19)20)6-11(16)8-12/h2-8H,1H3,(H,17,18)(H,19,20)/b3-2+. The molecule has 0 radical (unpaired) electrons. The van der Waals surface area contributed by atoms with Crippen LogP contribution in [-0.2, 0) is 4.79 Å². The van der Waals surface area contributed by atoms with E-state index < -0.39 is 5.97 Å². The van der Waals surface area contributed by atoms with E-state index >= 15 is 0 Å². The third-order valence-electron chi connectivity index (χ3n) is 2.70. The van der Waals surface area contributed by atoms with Crippen LogP contribution in [0.5, 0.6) is 0 Å². The van der Waals surface area contributed by atoms with Gasteiger partial charge < -0.3 is 10.4 Å². The number of carboxylic acids is 1. The Labute approximate surface area is 134 Å². The summed E-state index contributed by atoms with van der Waals surface area (Å²) >= 11 is 4.77. The summed E-state index contributed by atoms with van der Waals surface area (Å²) in [5, 5.41) is 13.6. The maximum Gasteiger partial charge on any atom is 0.335 e. The second-order valence-corrected chi connectivity index (χ2v) is 6.19. The molecule has 0 spiro atoms. The zero-order valence-corrected chi connectivity index (χ0v) is 13.5. The summed E-state index contributed by atoms with van der Waals surface area (Å²) in [6.45, 7) is 1.97. The minimum atomic E-state index is -1.04. The molecule has 108 valence electrons. The Morgan fingerprint density at radius 1 is 1.33 bits per heavy atom. The Balaban J connectivity index is 2.11. The van der Waals surface area contributed by atoms with E-state index in [1.165, 1.54) is 18.2 Å². The number of nitrogens with one attached hydrogen (secondary N) is 1. The lowest BCUT2D eigenvalue weighted by Crippen LogP contribution is -2.08. The maximum absolute atomic E-state index is 11.9. The van der Waals surface area contributed by atoms with Gasteiger partial charge in [0.05, 0.1) is 5.56 Å². The van der Waals surface area contributed by atoms with Crippen LogP contribution in [0, 0.1) is 6.92 Å². The van der Waals surface area contributed by atoms with Gasteiger partial charge in [-0.2, -0.15) is 0 Å². The largest absolute Gasteiger partial charge is 0.478 e. The molecule has 0 saturated carbocycles. The number of aromatic carboxylic acids is 1. The lowest BCUT2D eigenvalue weighted by molar-refractivity contribution is -0.111. The number of hydrogen-bond acceptors (Lipinski definition) is 3. The Morgan fingerprint density at radius 3 is 2.71 bits per heavy atom. The monoisotopic (exact) mass is 365 g/mol. The molecule has 0 unspecified atom stereocenters. The van der Waals surface area contributed by atoms with Gasteiger partial charge in [0.2, 0.25) is 5.91 Å². The fourth-order valence-corrected chi connectivity index (χ4v) is 2.99. The van der Waals surface area contributed by atoms with Crippen LogP contribution in [-0.4, -0.2) is 17.0 Å². The van der Waals surface area contributed by atoms with Crippen LogP contribution in [0.3, 0.4) is 0 Å². The molecule has 0 atom stereocenters. The molecule has 2 N–H and O–H groups in total. The molecule has 1 aromatic carbocycles. The molecule has 0 aliphatic heterocycles. The highest BCUT2D eigenvalue weighted by Crippen LogP contribution is 2.20. The number of carboxylic acid groups (broad SMARTS) is 1. The predicted molar refractivity (Wildman–Crippen MR) is 87.8 cm³/mol. The summed E-state index contributed by atoms with van der Waals surface area (Å²) in [7, 11) is 0. The second kappa shape index (κ2) is 6.69. The number of halogens is 1. The van der Waals surface area contributed by atoms with Crippen LogP contribution in [0.2, 0.25) is 0 Å². The molecule has 0 saturated heterocycles. The van der Waals surface area contributed by atoms with E-state index in [1.54, 1.807) is 23.5 Å². The Morgan fingerprint density at radius 2 is 2.10 bits per heavy atom. The zero-order chi connectivity index (χ0) is 15.4. The molecule has 4 nitrogen and oxygen atoms in total. The second-order valence-electron chi connectivity index (χ2n) is 4.32. The number of amides is 1. The molecule has 2 rings (SSSR count). The molecular formula is C15H12BrNO3S. The van der Waals surface area contributed by atoms with Crippen molar-refractivity contribution in [1.82, 2.24) is 0 Å².